The van der Waals surface area contributed by atoms with Gasteiger partial charge in [0.1, 0.15) is 0 Å². The van der Waals surface area contributed by atoms with E-state index in [1.54, 1.807) is 19.1 Å². The normalized spacial score (nSPS) is 11.8. The van der Waals surface area contributed by atoms with Crippen molar-refractivity contribution in [3.63, 3.8) is 0 Å². The number of benzene rings is 1. The highest BCUT2D eigenvalue weighted by Gasteiger charge is 2.18. The summed E-state index contributed by atoms with van der Waals surface area (Å²) in [7, 11) is 3.19. The Kier molecular flexibility index (Phi) is 6.31. The Morgan fingerprint density at radius 3 is 2.45 bits per heavy atom. The van der Waals surface area contributed by atoms with Crippen LogP contribution in [-0.2, 0) is 11.3 Å². The molecular weight excluding hydrogens is 256 g/mol. The average Bonchev–Trinajstić information content (AvgIpc) is 2.50. The second-order valence-corrected chi connectivity index (χ2v) is 4.67. The molecule has 20 heavy (non-hydrogen) atoms. The highest BCUT2D eigenvalue weighted by Crippen LogP contribution is 2.28. The SMILES string of the molecule is CCC(C)N(Cc1ccc(OC)c(OC)c1)C(=O)CN. The third-order valence-electron chi connectivity index (χ3n) is 3.42. The van der Waals surface area contributed by atoms with E-state index in [-0.39, 0.29) is 18.5 Å². The summed E-state index contributed by atoms with van der Waals surface area (Å²) >= 11 is 0. The molecule has 0 saturated heterocycles. The first-order valence-corrected chi connectivity index (χ1v) is 6.77. The summed E-state index contributed by atoms with van der Waals surface area (Å²) < 4.78 is 10.5. The van der Waals surface area contributed by atoms with E-state index in [9.17, 15) is 4.79 Å². The second kappa shape index (κ2) is 7.75. The minimum atomic E-state index is -0.0471. The van der Waals surface area contributed by atoms with Gasteiger partial charge in [0.25, 0.3) is 0 Å². The molecule has 5 heteroatoms. The molecule has 1 unspecified atom stereocenters. The molecule has 0 spiro atoms. The summed E-state index contributed by atoms with van der Waals surface area (Å²) in [5.74, 6) is 1.29. The Bertz CT molecular complexity index is 449. The van der Waals surface area contributed by atoms with Crippen molar-refractivity contribution in [3.05, 3.63) is 23.8 Å². The number of carbonyl (C=O) groups excluding carboxylic acids is 1. The monoisotopic (exact) mass is 280 g/mol. The van der Waals surface area contributed by atoms with Crippen molar-refractivity contribution in [2.24, 2.45) is 5.73 Å². The molecule has 0 radical (unpaired) electrons. The molecule has 0 fully saturated rings. The molecule has 2 N–H and O–H groups in total. The fourth-order valence-electron chi connectivity index (χ4n) is 2.00. The first-order chi connectivity index (χ1) is 9.57. The van der Waals surface area contributed by atoms with Crippen molar-refractivity contribution in [1.82, 2.24) is 4.90 Å². The van der Waals surface area contributed by atoms with Crippen LogP contribution in [0.3, 0.4) is 0 Å². The van der Waals surface area contributed by atoms with Crippen molar-refractivity contribution < 1.29 is 14.3 Å². The number of nitrogens with two attached hydrogens (primary N) is 1. The summed E-state index contributed by atoms with van der Waals surface area (Å²) in [6.07, 6.45) is 0.888. The predicted octanol–water partition coefficient (Wildman–Crippen LogP) is 1.79. The summed E-state index contributed by atoms with van der Waals surface area (Å²) in [5.41, 5.74) is 6.48. The van der Waals surface area contributed by atoms with E-state index >= 15 is 0 Å². The first-order valence-electron chi connectivity index (χ1n) is 6.77. The Hall–Kier alpha value is -1.75. The van der Waals surface area contributed by atoms with Crippen LogP contribution in [0, 0.1) is 0 Å². The number of hydrogen-bond donors (Lipinski definition) is 1. The van der Waals surface area contributed by atoms with Gasteiger partial charge in [-0.3, -0.25) is 4.79 Å². The molecule has 0 saturated carbocycles. The van der Waals surface area contributed by atoms with Gasteiger partial charge in [-0.15, -0.1) is 0 Å². The molecule has 0 bridgehead atoms. The number of nitrogens with zero attached hydrogens (tertiary/aromatic N) is 1. The van der Waals surface area contributed by atoms with Crippen LogP contribution in [0.2, 0.25) is 0 Å². The lowest BCUT2D eigenvalue weighted by molar-refractivity contribution is -0.132. The first kappa shape index (κ1) is 16.3. The van der Waals surface area contributed by atoms with Crippen LogP contribution >= 0.6 is 0 Å². The second-order valence-electron chi connectivity index (χ2n) is 4.67. The summed E-state index contributed by atoms with van der Waals surface area (Å²) in [6, 6.07) is 5.81. The van der Waals surface area contributed by atoms with E-state index in [2.05, 4.69) is 6.92 Å². The van der Waals surface area contributed by atoms with Crippen molar-refractivity contribution >= 4 is 5.91 Å². The van der Waals surface area contributed by atoms with Gasteiger partial charge in [-0.05, 0) is 31.0 Å². The zero-order valence-corrected chi connectivity index (χ0v) is 12.7. The van der Waals surface area contributed by atoms with Gasteiger partial charge < -0.3 is 20.1 Å². The zero-order valence-electron chi connectivity index (χ0n) is 12.7. The van der Waals surface area contributed by atoms with E-state index in [1.807, 2.05) is 25.1 Å². The molecule has 1 rings (SSSR count). The molecule has 0 aliphatic rings. The largest absolute Gasteiger partial charge is 0.493 e. The molecule has 1 aromatic carbocycles. The molecule has 1 atom stereocenters. The van der Waals surface area contributed by atoms with Crippen molar-refractivity contribution in [2.75, 3.05) is 20.8 Å². The lowest BCUT2D eigenvalue weighted by Crippen LogP contribution is -2.41. The van der Waals surface area contributed by atoms with E-state index in [0.29, 0.717) is 18.0 Å². The van der Waals surface area contributed by atoms with Crippen LogP contribution in [0.4, 0.5) is 0 Å². The fraction of sp³-hybridized carbons (Fsp3) is 0.533. The molecule has 1 aromatic rings. The Morgan fingerprint density at radius 2 is 1.95 bits per heavy atom. The van der Waals surface area contributed by atoms with Crippen molar-refractivity contribution in [1.29, 1.82) is 0 Å². The van der Waals surface area contributed by atoms with Crippen LogP contribution in [0.25, 0.3) is 0 Å². The lowest BCUT2D eigenvalue weighted by atomic mass is 10.1. The number of hydrogen-bond acceptors (Lipinski definition) is 4. The van der Waals surface area contributed by atoms with Crippen LogP contribution < -0.4 is 15.2 Å². The van der Waals surface area contributed by atoms with Gasteiger partial charge in [0, 0.05) is 12.6 Å². The highest BCUT2D eigenvalue weighted by atomic mass is 16.5. The lowest BCUT2D eigenvalue weighted by Gasteiger charge is -2.28. The minimum Gasteiger partial charge on any atom is -0.493 e. The van der Waals surface area contributed by atoms with Crippen molar-refractivity contribution in [3.8, 4) is 11.5 Å². The quantitative estimate of drug-likeness (QED) is 0.827. The van der Waals surface area contributed by atoms with E-state index in [4.69, 9.17) is 15.2 Å². The standard InChI is InChI=1S/C15H24N2O3/c1-5-11(2)17(15(18)9-16)10-12-6-7-13(19-3)14(8-12)20-4/h6-8,11H,5,9-10,16H2,1-4H3. The third-order valence-corrected chi connectivity index (χ3v) is 3.42. The van der Waals surface area contributed by atoms with Crippen molar-refractivity contribution in [2.45, 2.75) is 32.9 Å². The summed E-state index contributed by atoms with van der Waals surface area (Å²) in [5, 5.41) is 0. The van der Waals surface area contributed by atoms with Crippen LogP contribution in [0.15, 0.2) is 18.2 Å². The molecule has 0 aliphatic carbocycles. The summed E-state index contributed by atoms with van der Waals surface area (Å²) in [6.45, 7) is 4.62. The number of amides is 1. The zero-order chi connectivity index (χ0) is 15.1. The molecule has 1 amide bonds. The maximum absolute atomic E-state index is 11.9. The number of methoxy groups -OCH3 is 2. The van der Waals surface area contributed by atoms with Crippen LogP contribution in [0.5, 0.6) is 11.5 Å². The topological polar surface area (TPSA) is 64.8 Å². The third kappa shape index (κ3) is 3.87. The van der Waals surface area contributed by atoms with Gasteiger partial charge in [-0.1, -0.05) is 13.0 Å². The average molecular weight is 280 g/mol. The fourth-order valence-corrected chi connectivity index (χ4v) is 2.00. The molecular formula is C15H24N2O3. The molecule has 112 valence electrons. The summed E-state index contributed by atoms with van der Waals surface area (Å²) in [4.78, 5) is 13.7. The predicted molar refractivity (Wildman–Crippen MR) is 78.9 cm³/mol. The minimum absolute atomic E-state index is 0.0254. The van der Waals surface area contributed by atoms with Gasteiger partial charge in [-0.2, -0.15) is 0 Å². The Labute approximate surface area is 120 Å². The van der Waals surface area contributed by atoms with Gasteiger partial charge in [0.15, 0.2) is 11.5 Å². The van der Waals surface area contributed by atoms with Gasteiger partial charge in [0.05, 0.1) is 20.8 Å². The molecule has 0 aromatic heterocycles. The van der Waals surface area contributed by atoms with Gasteiger partial charge >= 0.3 is 0 Å². The smallest absolute Gasteiger partial charge is 0.236 e. The highest BCUT2D eigenvalue weighted by molar-refractivity contribution is 5.78. The van der Waals surface area contributed by atoms with Crippen LogP contribution in [0.1, 0.15) is 25.8 Å². The Balaban J connectivity index is 2.96. The molecule has 5 nitrogen and oxygen atoms in total. The van der Waals surface area contributed by atoms with Gasteiger partial charge in [0.2, 0.25) is 5.91 Å². The van der Waals surface area contributed by atoms with E-state index in [0.717, 1.165) is 12.0 Å². The number of ether oxygens (including phenoxy) is 2. The van der Waals surface area contributed by atoms with Crippen LogP contribution in [-0.4, -0.2) is 37.6 Å². The number of rotatable bonds is 7. The van der Waals surface area contributed by atoms with Gasteiger partial charge in [-0.25, -0.2) is 0 Å². The van der Waals surface area contributed by atoms with E-state index in [1.165, 1.54) is 0 Å². The number of carbonyl (C=O) groups is 1. The Morgan fingerprint density at radius 1 is 1.30 bits per heavy atom. The maximum Gasteiger partial charge on any atom is 0.236 e. The molecule has 0 heterocycles. The maximum atomic E-state index is 11.9. The van der Waals surface area contributed by atoms with E-state index < -0.39 is 0 Å². The molecule has 0 aliphatic heterocycles.